The van der Waals surface area contributed by atoms with Crippen LogP contribution in [0.3, 0.4) is 0 Å². The molecule has 0 radical (unpaired) electrons. The maximum absolute atomic E-state index is 12.9. The smallest absolute Gasteiger partial charge is 0.244 e. The van der Waals surface area contributed by atoms with Crippen molar-refractivity contribution in [2.24, 2.45) is 0 Å². The molecule has 0 N–H and O–H groups in total. The lowest BCUT2D eigenvalue weighted by Gasteiger charge is -2.33. The number of hydrogen-bond donors (Lipinski definition) is 0. The van der Waals surface area contributed by atoms with Gasteiger partial charge in [0.05, 0.1) is 10.7 Å². The number of rotatable bonds is 4. The third-order valence-corrected chi connectivity index (χ3v) is 8.02. The first kappa shape index (κ1) is 18.4. The van der Waals surface area contributed by atoms with Gasteiger partial charge >= 0.3 is 0 Å². The van der Waals surface area contributed by atoms with Crippen LogP contribution in [0.2, 0.25) is 5.02 Å². The van der Waals surface area contributed by atoms with Gasteiger partial charge in [0.2, 0.25) is 10.0 Å². The van der Waals surface area contributed by atoms with E-state index in [0.717, 1.165) is 21.7 Å². The Bertz CT molecular complexity index is 1010. The zero-order valence-corrected chi connectivity index (χ0v) is 17.7. The van der Waals surface area contributed by atoms with Crippen LogP contribution in [0, 0.1) is 0 Å². The van der Waals surface area contributed by atoms with Crippen molar-refractivity contribution in [1.82, 2.24) is 18.6 Å². The maximum atomic E-state index is 12.9. The van der Waals surface area contributed by atoms with E-state index in [-0.39, 0.29) is 9.92 Å². The summed E-state index contributed by atoms with van der Waals surface area (Å²) < 4.78 is 30.0. The van der Waals surface area contributed by atoms with Crippen LogP contribution in [-0.2, 0) is 16.6 Å². The molecule has 0 bridgehead atoms. The molecule has 1 fully saturated rings. The van der Waals surface area contributed by atoms with E-state index >= 15 is 0 Å². The van der Waals surface area contributed by atoms with Crippen molar-refractivity contribution in [1.29, 1.82) is 0 Å². The molecule has 0 aliphatic carbocycles. The number of thiazole rings is 1. The summed E-state index contributed by atoms with van der Waals surface area (Å²) in [5.41, 5.74) is 1.00. The van der Waals surface area contributed by atoms with Gasteiger partial charge in [-0.2, -0.15) is 4.31 Å². The Morgan fingerprint density at radius 3 is 2.69 bits per heavy atom. The van der Waals surface area contributed by atoms with Crippen molar-refractivity contribution in [3.05, 3.63) is 51.2 Å². The lowest BCUT2D eigenvalue weighted by molar-refractivity contribution is 0.180. The van der Waals surface area contributed by atoms with Crippen molar-refractivity contribution < 1.29 is 8.42 Å². The second-order valence-electron chi connectivity index (χ2n) is 6.08. The molecule has 1 saturated heterocycles. The number of halogens is 2. The highest BCUT2D eigenvalue weighted by atomic mass is 79.9. The fourth-order valence-electron chi connectivity index (χ4n) is 3.03. The monoisotopic (exact) mass is 474 g/mol. The number of hydrogen-bond acceptors (Lipinski definition) is 5. The van der Waals surface area contributed by atoms with Crippen LogP contribution in [0.5, 0.6) is 0 Å². The highest BCUT2D eigenvalue weighted by molar-refractivity contribution is 9.10. The number of sulfonamides is 1. The number of aromatic nitrogens is 2. The molecule has 1 aromatic carbocycles. The molecule has 1 aliphatic heterocycles. The van der Waals surface area contributed by atoms with Gasteiger partial charge in [0.1, 0.15) is 4.90 Å². The second-order valence-corrected chi connectivity index (χ2v) is 10.2. The van der Waals surface area contributed by atoms with Crippen LogP contribution in [0.4, 0.5) is 0 Å². The van der Waals surface area contributed by atoms with Gasteiger partial charge < -0.3 is 0 Å². The zero-order chi connectivity index (χ0) is 18.3. The quantitative estimate of drug-likeness (QED) is 0.581. The van der Waals surface area contributed by atoms with E-state index < -0.39 is 10.0 Å². The fourth-order valence-corrected chi connectivity index (χ4v) is 6.19. The van der Waals surface area contributed by atoms with Gasteiger partial charge in [-0.1, -0.05) is 27.5 Å². The minimum Gasteiger partial charge on any atom is -0.297 e. The van der Waals surface area contributed by atoms with Gasteiger partial charge in [0, 0.05) is 55.0 Å². The van der Waals surface area contributed by atoms with E-state index in [9.17, 15) is 8.42 Å². The molecule has 0 spiro atoms. The largest absolute Gasteiger partial charge is 0.297 e. The lowest BCUT2D eigenvalue weighted by Crippen LogP contribution is -2.48. The first-order valence-electron chi connectivity index (χ1n) is 8.02. The standard InChI is InChI=1S/C16H16BrClN4O2S2/c17-12-1-2-15(14(18)9-12)26(23,24)22-5-3-20(4-6-22)10-13-11-21-7-8-25-16(21)19-13/h1-2,7-9,11H,3-6,10H2. The summed E-state index contributed by atoms with van der Waals surface area (Å²) in [5, 5.41) is 2.24. The van der Waals surface area contributed by atoms with E-state index in [1.807, 2.05) is 22.2 Å². The van der Waals surface area contributed by atoms with Crippen LogP contribution in [0.25, 0.3) is 4.96 Å². The summed E-state index contributed by atoms with van der Waals surface area (Å²) >= 11 is 11.0. The van der Waals surface area contributed by atoms with E-state index in [1.54, 1.807) is 29.5 Å². The van der Waals surface area contributed by atoms with Crippen molar-refractivity contribution in [2.75, 3.05) is 26.2 Å². The van der Waals surface area contributed by atoms with Crippen molar-refractivity contribution in [3.63, 3.8) is 0 Å². The predicted octanol–water partition coefficient (Wildman–Crippen LogP) is 3.32. The van der Waals surface area contributed by atoms with E-state index in [1.165, 1.54) is 4.31 Å². The molecule has 0 atom stereocenters. The van der Waals surface area contributed by atoms with Gasteiger partial charge in [0.15, 0.2) is 4.96 Å². The normalized spacial score (nSPS) is 17.2. The summed E-state index contributed by atoms with van der Waals surface area (Å²) in [6.45, 7) is 2.94. The molecule has 3 heterocycles. The molecule has 26 heavy (non-hydrogen) atoms. The molecule has 2 aromatic heterocycles. The Hall–Kier alpha value is -0.970. The van der Waals surface area contributed by atoms with Crippen LogP contribution >= 0.6 is 38.9 Å². The van der Waals surface area contributed by atoms with Gasteiger partial charge in [-0.15, -0.1) is 11.3 Å². The second kappa shape index (κ2) is 7.21. The van der Waals surface area contributed by atoms with Crippen LogP contribution < -0.4 is 0 Å². The third kappa shape index (κ3) is 3.56. The van der Waals surface area contributed by atoms with Gasteiger partial charge in [-0.3, -0.25) is 9.30 Å². The summed E-state index contributed by atoms with van der Waals surface area (Å²) in [7, 11) is -3.58. The summed E-state index contributed by atoms with van der Waals surface area (Å²) in [6.07, 6.45) is 4.01. The van der Waals surface area contributed by atoms with Crippen molar-refractivity contribution in [2.45, 2.75) is 11.4 Å². The predicted molar refractivity (Wildman–Crippen MR) is 106 cm³/mol. The molecule has 138 valence electrons. The van der Waals surface area contributed by atoms with Gasteiger partial charge in [-0.05, 0) is 18.2 Å². The van der Waals surface area contributed by atoms with Crippen LogP contribution in [0.15, 0.2) is 45.3 Å². The highest BCUT2D eigenvalue weighted by Gasteiger charge is 2.30. The first-order chi connectivity index (χ1) is 12.4. The van der Waals surface area contributed by atoms with Crippen LogP contribution in [-0.4, -0.2) is 53.2 Å². The topological polar surface area (TPSA) is 57.9 Å². The average molecular weight is 476 g/mol. The Morgan fingerprint density at radius 1 is 1.23 bits per heavy atom. The molecule has 6 nitrogen and oxygen atoms in total. The molecular weight excluding hydrogens is 460 g/mol. The molecular formula is C16H16BrClN4O2S2. The number of nitrogens with zero attached hydrogens (tertiary/aromatic N) is 4. The molecule has 10 heteroatoms. The SMILES string of the molecule is O=S(=O)(c1ccc(Br)cc1Cl)N1CCN(Cc2cn3ccsc3n2)CC1. The number of benzene rings is 1. The number of piperazine rings is 1. The van der Waals surface area contributed by atoms with E-state index in [2.05, 4.69) is 25.8 Å². The molecule has 4 rings (SSSR count). The third-order valence-electron chi connectivity index (χ3n) is 4.37. The average Bonchev–Trinajstić information content (AvgIpc) is 3.16. The van der Waals surface area contributed by atoms with Crippen molar-refractivity contribution in [3.8, 4) is 0 Å². The molecule has 0 unspecified atom stereocenters. The first-order valence-corrected chi connectivity index (χ1v) is 11.5. The molecule has 0 saturated carbocycles. The van der Waals surface area contributed by atoms with Crippen LogP contribution in [0.1, 0.15) is 5.69 Å². The zero-order valence-electron chi connectivity index (χ0n) is 13.7. The van der Waals surface area contributed by atoms with Crippen molar-refractivity contribution >= 4 is 53.9 Å². The summed E-state index contributed by atoms with van der Waals surface area (Å²) in [6, 6.07) is 4.85. The lowest BCUT2D eigenvalue weighted by atomic mass is 10.3. The molecule has 0 amide bonds. The number of imidazole rings is 1. The maximum Gasteiger partial charge on any atom is 0.244 e. The van der Waals surface area contributed by atoms with Gasteiger partial charge in [0.25, 0.3) is 0 Å². The Kier molecular flexibility index (Phi) is 5.10. The highest BCUT2D eigenvalue weighted by Crippen LogP contribution is 2.28. The molecule has 3 aromatic rings. The number of fused-ring (bicyclic) bond motifs is 1. The minimum atomic E-state index is -3.58. The van der Waals surface area contributed by atoms with E-state index in [4.69, 9.17) is 11.6 Å². The summed E-state index contributed by atoms with van der Waals surface area (Å²) in [4.78, 5) is 7.95. The summed E-state index contributed by atoms with van der Waals surface area (Å²) in [5.74, 6) is 0. The van der Waals surface area contributed by atoms with E-state index in [0.29, 0.717) is 26.2 Å². The Morgan fingerprint density at radius 2 is 2.00 bits per heavy atom. The Labute approximate surface area is 169 Å². The van der Waals surface area contributed by atoms with Gasteiger partial charge in [-0.25, -0.2) is 13.4 Å². The fraction of sp³-hybridized carbons (Fsp3) is 0.312. The molecule has 1 aliphatic rings. The minimum absolute atomic E-state index is 0.158. The Balaban J connectivity index is 1.43.